The van der Waals surface area contributed by atoms with Crippen LogP contribution in [0.4, 0.5) is 5.69 Å². The number of halogens is 2. The summed E-state index contributed by atoms with van der Waals surface area (Å²) >= 11 is 11.7. The van der Waals surface area contributed by atoms with E-state index in [1.54, 1.807) is 6.20 Å². The van der Waals surface area contributed by atoms with Gasteiger partial charge < -0.3 is 5.32 Å². The maximum atomic E-state index is 12.2. The highest BCUT2D eigenvalue weighted by Gasteiger charge is 2.13. The van der Waals surface area contributed by atoms with E-state index in [4.69, 9.17) is 23.2 Å². The summed E-state index contributed by atoms with van der Waals surface area (Å²) < 4.78 is 0. The topological polar surface area (TPSA) is 54.9 Å². The first kappa shape index (κ1) is 13.8. The monoisotopic (exact) mass is 317 g/mol. The predicted octanol–water partition coefficient (Wildman–Crippen LogP) is 4.19. The van der Waals surface area contributed by atoms with Gasteiger partial charge in [-0.05, 0) is 24.3 Å². The molecule has 4 nitrogen and oxygen atoms in total. The third-order valence-corrected chi connectivity index (χ3v) is 3.39. The van der Waals surface area contributed by atoms with Crippen LogP contribution in [0.25, 0.3) is 10.9 Å². The van der Waals surface area contributed by atoms with E-state index in [0.29, 0.717) is 5.69 Å². The average Bonchev–Trinajstić information content (AvgIpc) is 2.49. The molecular weight excluding hydrogens is 309 g/mol. The molecule has 104 valence electrons. The summed E-state index contributed by atoms with van der Waals surface area (Å²) in [6.45, 7) is 0. The van der Waals surface area contributed by atoms with Crippen molar-refractivity contribution in [3.8, 4) is 0 Å². The first-order chi connectivity index (χ1) is 10.1. The normalized spacial score (nSPS) is 10.6. The maximum absolute atomic E-state index is 12.2. The number of nitrogens with zero attached hydrogens (tertiary/aromatic N) is 2. The number of pyridine rings is 2. The zero-order valence-electron chi connectivity index (χ0n) is 10.7. The molecule has 0 atom stereocenters. The maximum Gasteiger partial charge on any atom is 0.275 e. The molecule has 0 aliphatic heterocycles. The van der Waals surface area contributed by atoms with Crippen LogP contribution >= 0.6 is 23.2 Å². The molecule has 0 unspecified atom stereocenters. The van der Waals surface area contributed by atoms with Crippen molar-refractivity contribution < 1.29 is 4.79 Å². The van der Waals surface area contributed by atoms with Gasteiger partial charge in [0.2, 0.25) is 0 Å². The van der Waals surface area contributed by atoms with Crippen molar-refractivity contribution in [3.05, 3.63) is 64.5 Å². The van der Waals surface area contributed by atoms with Crippen LogP contribution in [0.3, 0.4) is 0 Å². The Balaban J connectivity index is 1.90. The lowest BCUT2D eigenvalue weighted by molar-refractivity contribution is 0.102. The predicted molar refractivity (Wildman–Crippen MR) is 84.0 cm³/mol. The number of hydrogen-bond donors (Lipinski definition) is 1. The number of benzene rings is 1. The van der Waals surface area contributed by atoms with Gasteiger partial charge in [0, 0.05) is 5.39 Å². The minimum absolute atomic E-state index is 0.0809. The first-order valence-electron chi connectivity index (χ1n) is 6.12. The van der Waals surface area contributed by atoms with Gasteiger partial charge in [-0.2, -0.15) is 0 Å². The van der Waals surface area contributed by atoms with Crippen molar-refractivity contribution in [2.75, 3.05) is 5.32 Å². The van der Waals surface area contributed by atoms with Crippen molar-refractivity contribution in [1.29, 1.82) is 0 Å². The fraction of sp³-hybridized carbons (Fsp3) is 0. The number of anilines is 1. The van der Waals surface area contributed by atoms with Gasteiger partial charge in [-0.25, -0.2) is 4.98 Å². The minimum atomic E-state index is -0.431. The summed E-state index contributed by atoms with van der Waals surface area (Å²) in [5.74, 6) is -0.431. The van der Waals surface area contributed by atoms with E-state index in [1.807, 2.05) is 30.3 Å². The second-order valence-electron chi connectivity index (χ2n) is 4.34. The van der Waals surface area contributed by atoms with E-state index < -0.39 is 5.91 Å². The Kier molecular flexibility index (Phi) is 3.73. The number of amides is 1. The Morgan fingerprint density at radius 1 is 1.10 bits per heavy atom. The first-order valence-corrected chi connectivity index (χ1v) is 6.87. The molecule has 21 heavy (non-hydrogen) atoms. The molecule has 0 aliphatic rings. The molecule has 3 rings (SSSR count). The summed E-state index contributed by atoms with van der Waals surface area (Å²) in [6.07, 6.45) is 1.58. The van der Waals surface area contributed by atoms with E-state index in [0.717, 1.165) is 10.9 Å². The van der Waals surface area contributed by atoms with Gasteiger partial charge in [0.15, 0.2) is 0 Å². The molecule has 1 amide bonds. The highest BCUT2D eigenvalue weighted by molar-refractivity contribution is 6.35. The quantitative estimate of drug-likeness (QED) is 0.721. The van der Waals surface area contributed by atoms with Gasteiger partial charge >= 0.3 is 0 Å². The van der Waals surface area contributed by atoms with Crippen LogP contribution < -0.4 is 5.32 Å². The van der Waals surface area contributed by atoms with Crippen LogP contribution in [-0.2, 0) is 0 Å². The number of carbonyl (C=O) groups is 1. The van der Waals surface area contributed by atoms with E-state index in [2.05, 4.69) is 15.3 Å². The number of para-hydroxylation sites is 1. The van der Waals surface area contributed by atoms with E-state index in [1.165, 1.54) is 12.1 Å². The van der Waals surface area contributed by atoms with E-state index in [9.17, 15) is 4.79 Å². The molecule has 0 bridgehead atoms. The molecular formula is C15H9Cl2N3O. The van der Waals surface area contributed by atoms with Crippen molar-refractivity contribution in [1.82, 2.24) is 9.97 Å². The SMILES string of the molecule is O=C(Nc1cnc2ccccc2c1)c1nc(Cl)ccc1Cl. The molecule has 2 heterocycles. The Morgan fingerprint density at radius 3 is 2.76 bits per heavy atom. The number of fused-ring (bicyclic) bond motifs is 1. The molecule has 0 fully saturated rings. The highest BCUT2D eigenvalue weighted by atomic mass is 35.5. The summed E-state index contributed by atoms with van der Waals surface area (Å²) in [5, 5.41) is 4.09. The van der Waals surface area contributed by atoms with Gasteiger partial charge in [0.1, 0.15) is 10.8 Å². The molecule has 2 aromatic heterocycles. The molecule has 0 saturated carbocycles. The van der Waals surface area contributed by atoms with Crippen molar-refractivity contribution in [2.45, 2.75) is 0 Å². The summed E-state index contributed by atoms with van der Waals surface area (Å²) in [7, 11) is 0. The van der Waals surface area contributed by atoms with Crippen LogP contribution in [0.1, 0.15) is 10.5 Å². The molecule has 0 aliphatic carbocycles. The van der Waals surface area contributed by atoms with Gasteiger partial charge in [-0.1, -0.05) is 41.4 Å². The second kappa shape index (κ2) is 5.68. The van der Waals surface area contributed by atoms with E-state index in [-0.39, 0.29) is 15.9 Å². The lowest BCUT2D eigenvalue weighted by Crippen LogP contribution is -2.14. The summed E-state index contributed by atoms with van der Waals surface area (Å²) in [6, 6.07) is 12.5. The van der Waals surface area contributed by atoms with Crippen LogP contribution in [0.15, 0.2) is 48.7 Å². The van der Waals surface area contributed by atoms with Crippen LogP contribution in [0.2, 0.25) is 10.2 Å². The molecule has 6 heteroatoms. The Bertz CT molecular complexity index is 836. The fourth-order valence-electron chi connectivity index (χ4n) is 1.91. The molecule has 0 saturated heterocycles. The van der Waals surface area contributed by atoms with E-state index >= 15 is 0 Å². The number of nitrogens with one attached hydrogen (secondary N) is 1. The molecule has 1 aromatic carbocycles. The zero-order chi connectivity index (χ0) is 14.8. The van der Waals surface area contributed by atoms with Gasteiger partial charge in [0.05, 0.1) is 22.4 Å². The molecule has 0 radical (unpaired) electrons. The molecule has 1 N–H and O–H groups in total. The molecule has 0 spiro atoms. The van der Waals surface area contributed by atoms with Crippen molar-refractivity contribution >= 4 is 45.7 Å². The summed E-state index contributed by atoms with van der Waals surface area (Å²) in [5.41, 5.74) is 1.50. The van der Waals surface area contributed by atoms with Gasteiger partial charge in [-0.3, -0.25) is 9.78 Å². The third kappa shape index (κ3) is 2.96. The second-order valence-corrected chi connectivity index (χ2v) is 5.13. The average molecular weight is 318 g/mol. The highest BCUT2D eigenvalue weighted by Crippen LogP contribution is 2.20. The smallest absolute Gasteiger partial charge is 0.275 e. The molecule has 3 aromatic rings. The lowest BCUT2D eigenvalue weighted by Gasteiger charge is -2.07. The standard InChI is InChI=1S/C15H9Cl2N3O/c16-11-5-6-13(17)20-14(11)15(21)19-10-7-9-3-1-2-4-12(9)18-8-10/h1-8H,(H,19,21). The largest absolute Gasteiger partial charge is 0.319 e. The third-order valence-electron chi connectivity index (χ3n) is 2.88. The Morgan fingerprint density at radius 2 is 1.90 bits per heavy atom. The number of aromatic nitrogens is 2. The summed E-state index contributed by atoms with van der Waals surface area (Å²) in [4.78, 5) is 20.4. The Hall–Kier alpha value is -2.17. The van der Waals surface area contributed by atoms with Crippen LogP contribution in [-0.4, -0.2) is 15.9 Å². The number of rotatable bonds is 2. The Labute approximate surface area is 130 Å². The lowest BCUT2D eigenvalue weighted by atomic mass is 10.2. The van der Waals surface area contributed by atoms with Crippen molar-refractivity contribution in [2.24, 2.45) is 0 Å². The number of carbonyl (C=O) groups excluding carboxylic acids is 1. The van der Waals surface area contributed by atoms with Gasteiger partial charge in [-0.15, -0.1) is 0 Å². The van der Waals surface area contributed by atoms with Crippen LogP contribution in [0, 0.1) is 0 Å². The van der Waals surface area contributed by atoms with Gasteiger partial charge in [0.25, 0.3) is 5.91 Å². The van der Waals surface area contributed by atoms with Crippen molar-refractivity contribution in [3.63, 3.8) is 0 Å². The zero-order valence-corrected chi connectivity index (χ0v) is 12.2. The minimum Gasteiger partial charge on any atom is -0.319 e. The van der Waals surface area contributed by atoms with Crippen LogP contribution in [0.5, 0.6) is 0 Å². The number of hydrogen-bond acceptors (Lipinski definition) is 3. The fourth-order valence-corrected chi connectivity index (χ4v) is 2.25.